The van der Waals surface area contributed by atoms with Crippen LogP contribution in [0.3, 0.4) is 0 Å². The first-order chi connectivity index (χ1) is 8.97. The first-order valence-corrected chi connectivity index (χ1v) is 6.87. The molecule has 1 fully saturated rings. The highest BCUT2D eigenvalue weighted by Crippen LogP contribution is 2.35. The summed E-state index contributed by atoms with van der Waals surface area (Å²) in [6, 6.07) is 0. The Morgan fingerprint density at radius 1 is 1.42 bits per heavy atom. The van der Waals surface area contributed by atoms with E-state index in [1.165, 1.54) is 0 Å². The van der Waals surface area contributed by atoms with Gasteiger partial charge in [-0.15, -0.1) is 6.58 Å². The van der Waals surface area contributed by atoms with Gasteiger partial charge in [-0.05, 0) is 32.1 Å². The van der Waals surface area contributed by atoms with Crippen LogP contribution >= 0.6 is 0 Å². The van der Waals surface area contributed by atoms with Crippen LogP contribution in [-0.2, 0) is 4.79 Å². The zero-order valence-electron chi connectivity index (χ0n) is 11.5. The second-order valence-electron chi connectivity index (χ2n) is 5.35. The quantitative estimate of drug-likeness (QED) is 0.358. The Hall–Kier alpha value is -0.910. The average Bonchev–Trinajstić information content (AvgIpc) is 2.75. The second-order valence-corrected chi connectivity index (χ2v) is 5.35. The van der Waals surface area contributed by atoms with E-state index in [4.69, 9.17) is 0 Å². The lowest BCUT2D eigenvalue weighted by Gasteiger charge is -2.25. The van der Waals surface area contributed by atoms with E-state index in [2.05, 4.69) is 6.58 Å². The third-order valence-electron chi connectivity index (χ3n) is 3.82. The van der Waals surface area contributed by atoms with Gasteiger partial charge in [0.15, 0.2) is 6.29 Å². The molecule has 0 bridgehead atoms. The van der Waals surface area contributed by atoms with Gasteiger partial charge in [0.2, 0.25) is 5.91 Å². The second kappa shape index (κ2) is 7.62. The molecule has 1 saturated carbocycles. The van der Waals surface area contributed by atoms with E-state index < -0.39 is 24.2 Å². The van der Waals surface area contributed by atoms with Crippen molar-refractivity contribution in [1.82, 2.24) is 4.90 Å². The fourth-order valence-electron chi connectivity index (χ4n) is 2.69. The summed E-state index contributed by atoms with van der Waals surface area (Å²) in [6.45, 7) is 4.30. The summed E-state index contributed by atoms with van der Waals surface area (Å²) in [5, 5.41) is 28.2. The maximum atomic E-state index is 12.2. The SMILES string of the molecule is C=CCCCCN(C)C(=O)[C@@H]1C[C@@H](O)C[C@H]1C(O)O. The van der Waals surface area contributed by atoms with Crippen LogP contribution in [0.4, 0.5) is 0 Å². The van der Waals surface area contributed by atoms with Gasteiger partial charge in [0.05, 0.1) is 6.10 Å². The number of hydrogen-bond acceptors (Lipinski definition) is 4. The zero-order chi connectivity index (χ0) is 14.4. The van der Waals surface area contributed by atoms with E-state index in [9.17, 15) is 20.1 Å². The highest BCUT2D eigenvalue weighted by atomic mass is 16.5. The van der Waals surface area contributed by atoms with Gasteiger partial charge in [-0.1, -0.05) is 6.08 Å². The first kappa shape index (κ1) is 16.1. The van der Waals surface area contributed by atoms with Crippen molar-refractivity contribution in [3.8, 4) is 0 Å². The number of nitrogens with zero attached hydrogens (tertiary/aromatic N) is 1. The molecule has 0 aromatic heterocycles. The van der Waals surface area contributed by atoms with Crippen molar-refractivity contribution >= 4 is 5.91 Å². The van der Waals surface area contributed by atoms with Crippen LogP contribution in [0.25, 0.3) is 0 Å². The molecule has 1 aliphatic rings. The Morgan fingerprint density at radius 3 is 2.68 bits per heavy atom. The normalized spacial score (nSPS) is 26.7. The van der Waals surface area contributed by atoms with E-state index in [1.54, 1.807) is 11.9 Å². The van der Waals surface area contributed by atoms with Crippen molar-refractivity contribution < 1.29 is 20.1 Å². The summed E-state index contributed by atoms with van der Waals surface area (Å²) in [4.78, 5) is 13.9. The van der Waals surface area contributed by atoms with Gasteiger partial charge >= 0.3 is 0 Å². The van der Waals surface area contributed by atoms with Gasteiger partial charge < -0.3 is 20.2 Å². The molecule has 0 saturated heterocycles. The van der Waals surface area contributed by atoms with Crippen molar-refractivity contribution in [2.75, 3.05) is 13.6 Å². The van der Waals surface area contributed by atoms with Gasteiger partial charge in [0.25, 0.3) is 0 Å². The number of carbonyl (C=O) groups is 1. The van der Waals surface area contributed by atoms with E-state index in [0.717, 1.165) is 19.3 Å². The molecular weight excluding hydrogens is 246 g/mol. The Bertz CT molecular complexity index is 306. The molecule has 19 heavy (non-hydrogen) atoms. The molecule has 3 N–H and O–H groups in total. The van der Waals surface area contributed by atoms with E-state index in [-0.39, 0.29) is 12.3 Å². The van der Waals surface area contributed by atoms with Gasteiger partial charge in [-0.3, -0.25) is 4.79 Å². The number of unbranched alkanes of at least 4 members (excludes halogenated alkanes) is 2. The molecule has 1 aliphatic carbocycles. The van der Waals surface area contributed by atoms with Crippen molar-refractivity contribution in [3.63, 3.8) is 0 Å². The topological polar surface area (TPSA) is 81.0 Å². The first-order valence-electron chi connectivity index (χ1n) is 6.87. The van der Waals surface area contributed by atoms with Gasteiger partial charge in [-0.25, -0.2) is 0 Å². The summed E-state index contributed by atoms with van der Waals surface area (Å²) in [5.41, 5.74) is 0. The summed E-state index contributed by atoms with van der Waals surface area (Å²) in [5.74, 6) is -1.15. The maximum absolute atomic E-state index is 12.2. The summed E-state index contributed by atoms with van der Waals surface area (Å²) in [6.07, 6.45) is 3.11. The number of amides is 1. The van der Waals surface area contributed by atoms with Crippen molar-refractivity contribution in [1.29, 1.82) is 0 Å². The van der Waals surface area contributed by atoms with Crippen molar-refractivity contribution in [2.24, 2.45) is 11.8 Å². The van der Waals surface area contributed by atoms with E-state index in [0.29, 0.717) is 13.0 Å². The molecule has 0 heterocycles. The third kappa shape index (κ3) is 4.60. The highest BCUT2D eigenvalue weighted by Gasteiger charge is 2.42. The molecule has 0 unspecified atom stereocenters. The Morgan fingerprint density at radius 2 is 2.11 bits per heavy atom. The molecule has 0 radical (unpaired) electrons. The molecule has 0 aromatic carbocycles. The predicted octanol–water partition coefficient (Wildman–Crippen LogP) is 0.499. The van der Waals surface area contributed by atoms with Gasteiger partial charge in [-0.2, -0.15) is 0 Å². The van der Waals surface area contributed by atoms with Crippen LogP contribution in [0.1, 0.15) is 32.1 Å². The van der Waals surface area contributed by atoms with Crippen LogP contribution in [-0.4, -0.2) is 52.1 Å². The minimum absolute atomic E-state index is 0.103. The lowest BCUT2D eigenvalue weighted by molar-refractivity contribution is -0.144. The Balaban J connectivity index is 2.48. The molecule has 1 amide bonds. The fraction of sp³-hybridized carbons (Fsp3) is 0.786. The Kier molecular flexibility index (Phi) is 6.48. The monoisotopic (exact) mass is 271 g/mol. The number of allylic oxidation sites excluding steroid dienone is 1. The number of carbonyl (C=O) groups excluding carboxylic acids is 1. The molecule has 3 atom stereocenters. The lowest BCUT2D eigenvalue weighted by Crippen LogP contribution is -2.38. The zero-order valence-corrected chi connectivity index (χ0v) is 11.5. The summed E-state index contributed by atoms with van der Waals surface area (Å²) in [7, 11) is 1.72. The standard InChI is InChI=1S/C14H25NO4/c1-3-4-5-6-7-15(2)13(17)11-8-10(16)9-12(11)14(18)19/h3,10-12,14,16,18-19H,1,4-9H2,2H3/t10-,11-,12-/m1/s1. The molecule has 0 aromatic rings. The minimum Gasteiger partial charge on any atom is -0.393 e. The number of aliphatic hydroxyl groups excluding tert-OH is 2. The lowest BCUT2D eigenvalue weighted by atomic mass is 9.94. The number of aliphatic hydroxyl groups is 3. The van der Waals surface area contributed by atoms with Crippen molar-refractivity contribution in [2.45, 2.75) is 44.5 Å². The fourth-order valence-corrected chi connectivity index (χ4v) is 2.69. The van der Waals surface area contributed by atoms with E-state index in [1.807, 2.05) is 6.08 Å². The summed E-state index contributed by atoms with van der Waals surface area (Å²) < 4.78 is 0. The van der Waals surface area contributed by atoms with Crippen LogP contribution in [0.2, 0.25) is 0 Å². The van der Waals surface area contributed by atoms with Gasteiger partial charge in [0.1, 0.15) is 0 Å². The molecular formula is C14H25NO4. The van der Waals surface area contributed by atoms with E-state index >= 15 is 0 Å². The molecule has 1 rings (SSSR count). The number of hydrogen-bond donors (Lipinski definition) is 3. The van der Waals surface area contributed by atoms with Crippen molar-refractivity contribution in [3.05, 3.63) is 12.7 Å². The average molecular weight is 271 g/mol. The molecule has 0 spiro atoms. The molecule has 5 nitrogen and oxygen atoms in total. The highest BCUT2D eigenvalue weighted by molar-refractivity contribution is 5.79. The molecule has 0 aliphatic heterocycles. The summed E-state index contributed by atoms with van der Waals surface area (Å²) >= 11 is 0. The predicted molar refractivity (Wildman–Crippen MR) is 72.1 cm³/mol. The van der Waals surface area contributed by atoms with Gasteiger partial charge in [0, 0.05) is 25.4 Å². The number of rotatable bonds is 7. The minimum atomic E-state index is -1.54. The maximum Gasteiger partial charge on any atom is 0.225 e. The molecule has 110 valence electrons. The van der Waals surface area contributed by atoms with Crippen LogP contribution in [0.5, 0.6) is 0 Å². The third-order valence-corrected chi connectivity index (χ3v) is 3.82. The largest absolute Gasteiger partial charge is 0.393 e. The van der Waals surface area contributed by atoms with Crippen LogP contribution in [0, 0.1) is 11.8 Å². The molecule has 5 heteroatoms. The van der Waals surface area contributed by atoms with Crippen LogP contribution in [0.15, 0.2) is 12.7 Å². The smallest absolute Gasteiger partial charge is 0.225 e. The Labute approximate surface area is 114 Å². The van der Waals surface area contributed by atoms with Crippen LogP contribution < -0.4 is 0 Å².